The summed E-state index contributed by atoms with van der Waals surface area (Å²) in [5.74, 6) is -0.470. The van der Waals surface area contributed by atoms with Crippen molar-refractivity contribution >= 4 is 61.5 Å². The highest BCUT2D eigenvalue weighted by Crippen LogP contribution is 2.35. The third-order valence-electron chi connectivity index (χ3n) is 4.15. The number of carbonyl (C=O) groups excluding carboxylic acids is 3. The number of carbonyl (C=O) groups is 3. The number of halogens is 2. The van der Waals surface area contributed by atoms with Crippen molar-refractivity contribution in [1.29, 1.82) is 0 Å². The molecule has 2 aromatic rings. The first-order chi connectivity index (χ1) is 14.3. The van der Waals surface area contributed by atoms with Gasteiger partial charge in [-0.15, -0.1) is 0 Å². The number of imide groups is 2. The standard InChI is InChI=1S/C21H18Br2N2O5/c1-3-29-17-11-18(30-4-2)16(23)10-12(17)9-15-19(26)24-21(28)25(20(15)27)14-7-5-13(22)6-8-14/h5-11H,3-4H2,1-2H3,(H,24,26,28)/b15-9+. The van der Waals surface area contributed by atoms with E-state index in [1.54, 1.807) is 36.4 Å². The molecule has 0 atom stereocenters. The lowest BCUT2D eigenvalue weighted by Gasteiger charge is -2.26. The lowest BCUT2D eigenvalue weighted by atomic mass is 10.1. The van der Waals surface area contributed by atoms with Crippen LogP contribution < -0.4 is 19.7 Å². The highest BCUT2D eigenvalue weighted by Gasteiger charge is 2.37. The molecule has 7 nitrogen and oxygen atoms in total. The number of benzene rings is 2. The van der Waals surface area contributed by atoms with Gasteiger partial charge in [-0.05, 0) is 66.2 Å². The van der Waals surface area contributed by atoms with E-state index in [1.807, 2.05) is 13.8 Å². The maximum absolute atomic E-state index is 13.0. The summed E-state index contributed by atoms with van der Waals surface area (Å²) >= 11 is 6.74. The minimum Gasteiger partial charge on any atom is -0.493 e. The van der Waals surface area contributed by atoms with Gasteiger partial charge in [0.15, 0.2) is 0 Å². The second-order valence-corrected chi connectivity index (χ2v) is 7.89. The van der Waals surface area contributed by atoms with Crippen LogP contribution in [0, 0.1) is 0 Å². The van der Waals surface area contributed by atoms with Crippen molar-refractivity contribution in [1.82, 2.24) is 5.32 Å². The molecular weight excluding hydrogens is 520 g/mol. The topological polar surface area (TPSA) is 84.9 Å². The Labute approximate surface area is 190 Å². The summed E-state index contributed by atoms with van der Waals surface area (Å²) in [4.78, 5) is 38.7. The van der Waals surface area contributed by atoms with Gasteiger partial charge in [-0.2, -0.15) is 0 Å². The zero-order valence-corrected chi connectivity index (χ0v) is 19.4. The van der Waals surface area contributed by atoms with Crippen molar-refractivity contribution in [3.05, 3.63) is 56.5 Å². The van der Waals surface area contributed by atoms with Crippen LogP contribution in [-0.4, -0.2) is 31.1 Å². The minimum atomic E-state index is -0.803. The summed E-state index contributed by atoms with van der Waals surface area (Å²) in [5.41, 5.74) is 0.655. The van der Waals surface area contributed by atoms with Crippen molar-refractivity contribution in [3.8, 4) is 11.5 Å². The molecule has 0 spiro atoms. The molecule has 1 aliphatic heterocycles. The maximum atomic E-state index is 13.0. The zero-order valence-electron chi connectivity index (χ0n) is 16.2. The van der Waals surface area contributed by atoms with E-state index in [2.05, 4.69) is 37.2 Å². The molecule has 0 aliphatic carbocycles. The van der Waals surface area contributed by atoms with E-state index in [1.165, 1.54) is 6.08 Å². The molecule has 0 saturated carbocycles. The molecule has 1 aliphatic rings. The molecule has 1 heterocycles. The third-order valence-corrected chi connectivity index (χ3v) is 5.30. The highest BCUT2D eigenvalue weighted by atomic mass is 79.9. The lowest BCUT2D eigenvalue weighted by molar-refractivity contribution is -0.122. The van der Waals surface area contributed by atoms with Crippen molar-refractivity contribution in [2.45, 2.75) is 13.8 Å². The second-order valence-electron chi connectivity index (χ2n) is 6.12. The predicted octanol–water partition coefficient (Wildman–Crippen LogP) is 4.68. The average molecular weight is 538 g/mol. The van der Waals surface area contributed by atoms with Gasteiger partial charge in [-0.3, -0.25) is 14.9 Å². The third kappa shape index (κ3) is 4.57. The van der Waals surface area contributed by atoms with Crippen LogP contribution in [0.4, 0.5) is 10.5 Å². The number of anilines is 1. The molecule has 1 fully saturated rings. The monoisotopic (exact) mass is 536 g/mol. The van der Waals surface area contributed by atoms with Gasteiger partial charge in [-0.1, -0.05) is 15.9 Å². The van der Waals surface area contributed by atoms with Gasteiger partial charge in [0.05, 0.1) is 23.4 Å². The van der Waals surface area contributed by atoms with Crippen LogP contribution in [0.5, 0.6) is 11.5 Å². The molecule has 1 N–H and O–H groups in total. The summed E-state index contributed by atoms with van der Waals surface area (Å²) in [6.07, 6.45) is 1.40. The van der Waals surface area contributed by atoms with Crippen LogP contribution in [-0.2, 0) is 9.59 Å². The van der Waals surface area contributed by atoms with Crippen LogP contribution in [0.15, 0.2) is 50.9 Å². The Morgan fingerprint density at radius 3 is 2.23 bits per heavy atom. The first-order valence-electron chi connectivity index (χ1n) is 9.11. The number of nitrogens with zero attached hydrogens (tertiary/aromatic N) is 1. The zero-order chi connectivity index (χ0) is 21.8. The van der Waals surface area contributed by atoms with Crippen molar-refractivity contribution < 1.29 is 23.9 Å². The predicted molar refractivity (Wildman–Crippen MR) is 120 cm³/mol. The molecule has 30 heavy (non-hydrogen) atoms. The second kappa shape index (κ2) is 9.44. The van der Waals surface area contributed by atoms with Gasteiger partial charge in [0, 0.05) is 16.1 Å². The first-order valence-corrected chi connectivity index (χ1v) is 10.7. The molecule has 156 valence electrons. The fraction of sp³-hybridized carbons (Fsp3) is 0.190. The average Bonchev–Trinajstić information content (AvgIpc) is 2.70. The largest absolute Gasteiger partial charge is 0.493 e. The number of urea groups is 1. The summed E-state index contributed by atoms with van der Waals surface area (Å²) < 4.78 is 12.7. The van der Waals surface area contributed by atoms with Gasteiger partial charge in [0.2, 0.25) is 0 Å². The van der Waals surface area contributed by atoms with Crippen LogP contribution in [0.3, 0.4) is 0 Å². The molecule has 4 amide bonds. The molecular formula is C21H18Br2N2O5. The van der Waals surface area contributed by atoms with Gasteiger partial charge in [0.25, 0.3) is 11.8 Å². The molecule has 9 heteroatoms. The lowest BCUT2D eigenvalue weighted by Crippen LogP contribution is -2.54. The van der Waals surface area contributed by atoms with E-state index in [0.717, 1.165) is 9.37 Å². The summed E-state index contributed by atoms with van der Waals surface area (Å²) in [6.45, 7) is 4.54. The van der Waals surface area contributed by atoms with E-state index in [9.17, 15) is 14.4 Å². The Kier molecular flexibility index (Phi) is 6.94. The van der Waals surface area contributed by atoms with Gasteiger partial charge >= 0.3 is 6.03 Å². The number of rotatable bonds is 6. The highest BCUT2D eigenvalue weighted by molar-refractivity contribution is 9.10. The summed E-state index contributed by atoms with van der Waals surface area (Å²) in [5, 5.41) is 2.21. The van der Waals surface area contributed by atoms with E-state index in [0.29, 0.717) is 40.4 Å². The molecule has 1 saturated heterocycles. The number of nitrogens with one attached hydrogen (secondary N) is 1. The first kappa shape index (κ1) is 22.0. The van der Waals surface area contributed by atoms with Crippen LogP contribution >= 0.6 is 31.9 Å². The maximum Gasteiger partial charge on any atom is 0.335 e. The van der Waals surface area contributed by atoms with Crippen molar-refractivity contribution in [3.63, 3.8) is 0 Å². The van der Waals surface area contributed by atoms with Crippen LogP contribution in [0.25, 0.3) is 6.08 Å². The van der Waals surface area contributed by atoms with Crippen molar-refractivity contribution in [2.75, 3.05) is 18.1 Å². The fourth-order valence-electron chi connectivity index (χ4n) is 2.85. The normalized spacial score (nSPS) is 15.4. The number of hydrogen-bond acceptors (Lipinski definition) is 5. The van der Waals surface area contributed by atoms with Gasteiger partial charge in [-0.25, -0.2) is 9.69 Å². The molecule has 2 aromatic carbocycles. The Morgan fingerprint density at radius 2 is 1.60 bits per heavy atom. The van der Waals surface area contributed by atoms with E-state index in [-0.39, 0.29) is 5.57 Å². The Bertz CT molecular complexity index is 1030. The number of amides is 4. The van der Waals surface area contributed by atoms with Gasteiger partial charge in [0.1, 0.15) is 17.1 Å². The SMILES string of the molecule is CCOc1cc(OCC)c(/C=C2\C(=O)NC(=O)N(c3ccc(Br)cc3)C2=O)cc1Br. The van der Waals surface area contributed by atoms with Crippen LogP contribution in [0.1, 0.15) is 19.4 Å². The number of barbiturate groups is 1. The molecule has 0 bridgehead atoms. The Hall–Kier alpha value is -2.65. The fourth-order valence-corrected chi connectivity index (χ4v) is 3.59. The Morgan fingerprint density at radius 1 is 0.967 bits per heavy atom. The summed E-state index contributed by atoms with van der Waals surface area (Å²) in [7, 11) is 0. The van der Waals surface area contributed by atoms with E-state index in [4.69, 9.17) is 9.47 Å². The minimum absolute atomic E-state index is 0.186. The quantitative estimate of drug-likeness (QED) is 0.427. The number of hydrogen-bond donors (Lipinski definition) is 1. The van der Waals surface area contributed by atoms with E-state index < -0.39 is 17.8 Å². The number of ether oxygens (including phenoxy) is 2. The van der Waals surface area contributed by atoms with Gasteiger partial charge < -0.3 is 9.47 Å². The Balaban J connectivity index is 2.05. The van der Waals surface area contributed by atoms with E-state index >= 15 is 0 Å². The molecule has 3 rings (SSSR count). The smallest absolute Gasteiger partial charge is 0.335 e. The summed E-state index contributed by atoms with van der Waals surface area (Å²) in [6, 6.07) is 9.19. The van der Waals surface area contributed by atoms with Crippen LogP contribution in [0.2, 0.25) is 0 Å². The molecule has 0 radical (unpaired) electrons. The molecule has 0 unspecified atom stereocenters. The van der Waals surface area contributed by atoms with Crippen molar-refractivity contribution in [2.24, 2.45) is 0 Å². The molecule has 0 aromatic heterocycles.